The van der Waals surface area contributed by atoms with Crippen molar-refractivity contribution in [3.8, 4) is 17.2 Å². The van der Waals surface area contributed by atoms with Crippen LogP contribution in [0.4, 0.5) is 4.79 Å². The number of nitrogens with one attached hydrogen (secondary N) is 2. The molecule has 0 aliphatic heterocycles. The van der Waals surface area contributed by atoms with Crippen molar-refractivity contribution in [2.75, 3.05) is 51.0 Å². The number of rotatable bonds is 20. The van der Waals surface area contributed by atoms with Gasteiger partial charge in [-0.1, -0.05) is 5.11 Å². The summed E-state index contributed by atoms with van der Waals surface area (Å²) < 4.78 is 84.8. The molecule has 43 heavy (non-hydrogen) atoms. The molecule has 0 fully saturated rings. The van der Waals surface area contributed by atoms with Gasteiger partial charge in [0, 0.05) is 30.1 Å². The molecule has 0 aliphatic rings. The zero-order chi connectivity index (χ0) is 32.5. The van der Waals surface area contributed by atoms with Gasteiger partial charge in [0.2, 0.25) is 5.75 Å². The molecule has 1 aromatic rings. The van der Waals surface area contributed by atoms with Gasteiger partial charge in [0.15, 0.2) is 11.5 Å². The summed E-state index contributed by atoms with van der Waals surface area (Å²) in [5, 5.41) is 8.61. The smallest absolute Gasteiger partial charge is 0.407 e. The molecule has 0 bridgehead atoms. The Balaban J connectivity index is 3.17. The molecule has 0 atom stereocenters. The molecule has 0 heterocycles. The normalized spacial score (nSPS) is 11.7. The van der Waals surface area contributed by atoms with Crippen LogP contribution in [0.2, 0.25) is 0 Å². The maximum absolute atomic E-state index is 12.8. The number of amides is 2. The lowest BCUT2D eigenvalue weighted by atomic mass is 10.1. The van der Waals surface area contributed by atoms with Gasteiger partial charge in [0.05, 0.1) is 31.3 Å². The minimum Gasteiger partial charge on any atom is -0.489 e. The SMILES string of the molecule is CC(C)(C)OC(=O)NCCCOc1c(OCCCS(=O)(=O)O)cc(C(=O)NCCCN=[N+]=[N-])cc1OCCCS(=O)(=O)O. The van der Waals surface area contributed by atoms with Crippen LogP contribution in [0.3, 0.4) is 0 Å². The molecular formula is C24H39N5O12S2. The lowest BCUT2D eigenvalue weighted by Gasteiger charge is -2.20. The summed E-state index contributed by atoms with van der Waals surface area (Å²) >= 11 is 0. The van der Waals surface area contributed by atoms with Gasteiger partial charge in [-0.3, -0.25) is 13.9 Å². The highest BCUT2D eigenvalue weighted by Crippen LogP contribution is 2.39. The molecule has 0 spiro atoms. The van der Waals surface area contributed by atoms with E-state index in [4.69, 9.17) is 33.6 Å². The molecule has 1 aromatic carbocycles. The van der Waals surface area contributed by atoms with E-state index in [2.05, 4.69) is 20.7 Å². The zero-order valence-electron chi connectivity index (χ0n) is 24.3. The van der Waals surface area contributed by atoms with Crippen LogP contribution in [0.15, 0.2) is 17.2 Å². The molecule has 17 nitrogen and oxygen atoms in total. The van der Waals surface area contributed by atoms with Crippen LogP contribution >= 0.6 is 0 Å². The van der Waals surface area contributed by atoms with E-state index in [1.807, 2.05) is 0 Å². The third-order valence-corrected chi connectivity index (χ3v) is 6.52. The first-order chi connectivity index (χ1) is 20.0. The van der Waals surface area contributed by atoms with Gasteiger partial charge in [0.25, 0.3) is 26.1 Å². The van der Waals surface area contributed by atoms with Gasteiger partial charge in [-0.05, 0) is 64.1 Å². The van der Waals surface area contributed by atoms with E-state index >= 15 is 0 Å². The predicted octanol–water partition coefficient (Wildman–Crippen LogP) is 2.72. The molecule has 19 heteroatoms. The predicted molar refractivity (Wildman–Crippen MR) is 155 cm³/mol. The Morgan fingerprint density at radius 3 is 1.86 bits per heavy atom. The number of carbonyl (C=O) groups is 2. The molecule has 0 saturated heterocycles. The van der Waals surface area contributed by atoms with Crippen molar-refractivity contribution < 1.29 is 54.5 Å². The van der Waals surface area contributed by atoms with E-state index in [1.54, 1.807) is 20.8 Å². The fraction of sp³-hybridized carbons (Fsp3) is 0.667. The Kier molecular flexibility index (Phi) is 15.9. The van der Waals surface area contributed by atoms with Gasteiger partial charge in [-0.15, -0.1) is 0 Å². The Labute approximate surface area is 250 Å². The molecule has 244 valence electrons. The van der Waals surface area contributed by atoms with Crippen molar-refractivity contribution >= 4 is 32.2 Å². The van der Waals surface area contributed by atoms with E-state index in [-0.39, 0.29) is 75.1 Å². The van der Waals surface area contributed by atoms with E-state index in [0.717, 1.165) is 0 Å². The van der Waals surface area contributed by atoms with E-state index in [9.17, 15) is 26.4 Å². The molecule has 0 aromatic heterocycles. The fourth-order valence-corrected chi connectivity index (χ4v) is 4.13. The number of azide groups is 1. The fourth-order valence-electron chi connectivity index (χ4n) is 3.16. The minimum atomic E-state index is -4.25. The van der Waals surface area contributed by atoms with Gasteiger partial charge >= 0.3 is 6.09 Å². The average Bonchev–Trinajstić information content (AvgIpc) is 2.87. The first-order valence-electron chi connectivity index (χ1n) is 13.2. The molecule has 2 amide bonds. The number of benzene rings is 1. The van der Waals surface area contributed by atoms with Crippen molar-refractivity contribution in [3.63, 3.8) is 0 Å². The van der Waals surface area contributed by atoms with Crippen LogP contribution < -0.4 is 24.8 Å². The largest absolute Gasteiger partial charge is 0.489 e. The molecule has 4 N–H and O–H groups in total. The molecular weight excluding hydrogens is 614 g/mol. The second-order valence-electron chi connectivity index (χ2n) is 9.97. The average molecular weight is 654 g/mol. The van der Waals surface area contributed by atoms with Crippen LogP contribution in [0.25, 0.3) is 10.4 Å². The molecule has 0 radical (unpaired) electrons. The van der Waals surface area contributed by atoms with Crippen molar-refractivity contribution in [3.05, 3.63) is 28.1 Å². The van der Waals surface area contributed by atoms with Crippen molar-refractivity contribution in [1.82, 2.24) is 10.6 Å². The summed E-state index contributed by atoms with van der Waals surface area (Å²) in [6.07, 6.45) is -0.145. The Hall–Kier alpha value is -3.51. The first-order valence-corrected chi connectivity index (χ1v) is 16.5. The maximum atomic E-state index is 12.8. The third kappa shape index (κ3) is 18.6. The molecule has 1 rings (SSSR count). The quantitative estimate of drug-likeness (QED) is 0.0521. The first kappa shape index (κ1) is 37.5. The van der Waals surface area contributed by atoms with Gasteiger partial charge < -0.3 is 29.6 Å². The number of alkyl carbamates (subject to hydrolysis) is 1. The van der Waals surface area contributed by atoms with Crippen molar-refractivity contribution in [1.29, 1.82) is 0 Å². The van der Waals surface area contributed by atoms with E-state index < -0.39 is 49.3 Å². The summed E-state index contributed by atoms with van der Waals surface area (Å²) in [6.45, 7) is 5.30. The van der Waals surface area contributed by atoms with Crippen LogP contribution in [0.1, 0.15) is 56.8 Å². The number of carbonyl (C=O) groups excluding carboxylic acids is 2. The summed E-state index contributed by atoms with van der Waals surface area (Å²) in [4.78, 5) is 27.3. The zero-order valence-corrected chi connectivity index (χ0v) is 25.9. The number of hydrogen-bond acceptors (Lipinski definition) is 11. The lowest BCUT2D eigenvalue weighted by molar-refractivity contribution is 0.0525. The maximum Gasteiger partial charge on any atom is 0.407 e. The Morgan fingerprint density at radius 2 is 1.37 bits per heavy atom. The van der Waals surface area contributed by atoms with Crippen LogP contribution in [0.5, 0.6) is 17.2 Å². The van der Waals surface area contributed by atoms with Gasteiger partial charge in [0.1, 0.15) is 5.60 Å². The Bertz CT molecular complexity index is 1260. The monoisotopic (exact) mass is 653 g/mol. The topological polar surface area (TPSA) is 253 Å². The Morgan fingerprint density at radius 1 is 0.860 bits per heavy atom. The van der Waals surface area contributed by atoms with Crippen molar-refractivity contribution in [2.45, 2.75) is 52.1 Å². The highest BCUT2D eigenvalue weighted by Gasteiger charge is 2.20. The minimum absolute atomic E-state index is 0.0101. The number of nitrogens with zero attached hydrogens (tertiary/aromatic N) is 3. The molecule has 0 aliphatic carbocycles. The summed E-state index contributed by atoms with van der Waals surface area (Å²) in [5.41, 5.74) is 7.75. The lowest BCUT2D eigenvalue weighted by Crippen LogP contribution is -2.33. The van der Waals surface area contributed by atoms with Gasteiger partial charge in [-0.25, -0.2) is 4.79 Å². The van der Waals surface area contributed by atoms with E-state index in [0.29, 0.717) is 12.8 Å². The summed E-state index contributed by atoms with van der Waals surface area (Å²) in [5.74, 6) is -1.73. The van der Waals surface area contributed by atoms with Crippen molar-refractivity contribution in [2.24, 2.45) is 5.11 Å². The van der Waals surface area contributed by atoms with Gasteiger partial charge in [-0.2, -0.15) is 16.8 Å². The van der Waals surface area contributed by atoms with E-state index in [1.165, 1.54) is 12.1 Å². The number of hydrogen-bond donors (Lipinski definition) is 4. The third-order valence-electron chi connectivity index (χ3n) is 4.91. The second kappa shape index (κ2) is 18.2. The molecule has 0 saturated carbocycles. The number of ether oxygens (including phenoxy) is 4. The van der Waals surface area contributed by atoms with Crippen LogP contribution in [0, 0.1) is 0 Å². The van der Waals surface area contributed by atoms with Crippen LogP contribution in [-0.4, -0.2) is 94.5 Å². The summed E-state index contributed by atoms with van der Waals surface area (Å²) in [6, 6.07) is 2.66. The highest BCUT2D eigenvalue weighted by molar-refractivity contribution is 7.86. The molecule has 0 unspecified atom stereocenters. The standard InChI is InChI=1S/C24H39N5O12S2/c1-24(2,3)41-23(31)27-9-5-11-40-21-19(38-12-6-14-42(32,33)34)16-18(22(30)26-8-4-10-28-29-25)17-20(21)39-13-7-15-43(35,36)37/h16-17H,4-15H2,1-3H3,(H,26,30)(H,27,31)(H,32,33,34)(H,35,36,37). The second-order valence-corrected chi connectivity index (χ2v) is 13.1. The van der Waals surface area contributed by atoms with Crippen LogP contribution in [-0.2, 0) is 25.0 Å². The highest BCUT2D eigenvalue weighted by atomic mass is 32.2. The summed E-state index contributed by atoms with van der Waals surface area (Å²) in [7, 11) is -8.49.